The number of amides is 2. The third-order valence-corrected chi connectivity index (χ3v) is 4.56. The zero-order chi connectivity index (χ0) is 14.1. The number of hydrogen-bond acceptors (Lipinski definition) is 6. The van der Waals surface area contributed by atoms with Crippen molar-refractivity contribution in [3.63, 3.8) is 0 Å². The molecule has 1 aliphatic heterocycles. The molecule has 0 aliphatic carbocycles. The number of aryl methyl sites for hydroxylation is 1. The predicted octanol–water partition coefficient (Wildman–Crippen LogP) is 1.40. The highest BCUT2D eigenvalue weighted by Crippen LogP contribution is 2.20. The van der Waals surface area contributed by atoms with Crippen LogP contribution in [0.5, 0.6) is 0 Å². The van der Waals surface area contributed by atoms with Gasteiger partial charge < -0.3 is 4.90 Å². The number of rotatable bonds is 2. The van der Waals surface area contributed by atoms with E-state index in [1.54, 1.807) is 21.4 Å². The molecular formula is C12H12N4O2S2. The Labute approximate surface area is 123 Å². The average Bonchev–Trinajstić information content (AvgIpc) is 3.09. The number of anilines is 1. The first kappa shape index (κ1) is 13.2. The maximum absolute atomic E-state index is 12.2. The van der Waals surface area contributed by atoms with Gasteiger partial charge in [-0.2, -0.15) is 0 Å². The first-order valence-electron chi connectivity index (χ1n) is 6.06. The molecule has 6 nitrogen and oxygen atoms in total. The van der Waals surface area contributed by atoms with Gasteiger partial charge in [-0.25, -0.2) is 9.97 Å². The summed E-state index contributed by atoms with van der Waals surface area (Å²) in [6.45, 7) is 2.91. The van der Waals surface area contributed by atoms with E-state index in [0.29, 0.717) is 23.9 Å². The van der Waals surface area contributed by atoms with Crippen LogP contribution in [-0.2, 0) is 4.79 Å². The van der Waals surface area contributed by atoms with Crippen molar-refractivity contribution >= 4 is 39.6 Å². The number of nitrogens with zero attached hydrogens (tertiary/aromatic N) is 4. The Morgan fingerprint density at radius 2 is 2.20 bits per heavy atom. The molecule has 0 spiro atoms. The van der Waals surface area contributed by atoms with Crippen molar-refractivity contribution in [2.75, 3.05) is 24.5 Å². The molecule has 3 heterocycles. The summed E-state index contributed by atoms with van der Waals surface area (Å²) in [6.07, 6.45) is 1.67. The van der Waals surface area contributed by atoms with Crippen molar-refractivity contribution < 1.29 is 9.59 Å². The summed E-state index contributed by atoms with van der Waals surface area (Å²) in [5.74, 6) is -0.284. The van der Waals surface area contributed by atoms with Gasteiger partial charge in [0.1, 0.15) is 12.2 Å². The second-order valence-corrected chi connectivity index (χ2v) is 6.27. The average molecular weight is 308 g/mol. The molecule has 3 rings (SSSR count). The predicted molar refractivity (Wildman–Crippen MR) is 77.2 cm³/mol. The lowest BCUT2D eigenvalue weighted by Gasteiger charge is -2.32. The van der Waals surface area contributed by atoms with Crippen LogP contribution in [0.25, 0.3) is 0 Å². The highest BCUT2D eigenvalue weighted by Gasteiger charge is 2.30. The van der Waals surface area contributed by atoms with Crippen LogP contribution in [0.3, 0.4) is 0 Å². The van der Waals surface area contributed by atoms with E-state index in [9.17, 15) is 9.59 Å². The molecule has 2 aromatic heterocycles. The highest BCUT2D eigenvalue weighted by molar-refractivity contribution is 7.13. The lowest BCUT2D eigenvalue weighted by atomic mass is 10.3. The van der Waals surface area contributed by atoms with Crippen LogP contribution in [0.1, 0.15) is 15.5 Å². The summed E-state index contributed by atoms with van der Waals surface area (Å²) in [5.41, 5.74) is 0.419. The Balaban J connectivity index is 1.71. The third kappa shape index (κ3) is 2.44. The molecule has 0 saturated carbocycles. The quantitative estimate of drug-likeness (QED) is 0.841. The maximum Gasteiger partial charge on any atom is 0.273 e. The van der Waals surface area contributed by atoms with Gasteiger partial charge in [0.25, 0.3) is 5.91 Å². The number of thiazole rings is 2. The Bertz CT molecular complexity index is 638. The van der Waals surface area contributed by atoms with E-state index >= 15 is 0 Å². The molecular weight excluding hydrogens is 296 g/mol. The minimum atomic E-state index is -0.179. The van der Waals surface area contributed by atoms with Crippen LogP contribution in [0, 0.1) is 6.92 Å². The molecule has 20 heavy (non-hydrogen) atoms. The molecule has 0 N–H and O–H groups in total. The fraction of sp³-hybridized carbons (Fsp3) is 0.333. The number of carbonyl (C=O) groups is 2. The lowest BCUT2D eigenvalue weighted by Crippen LogP contribution is -2.52. The van der Waals surface area contributed by atoms with Crippen molar-refractivity contribution in [3.05, 3.63) is 27.7 Å². The second-order valence-electron chi connectivity index (χ2n) is 4.34. The van der Waals surface area contributed by atoms with Crippen LogP contribution >= 0.6 is 22.7 Å². The van der Waals surface area contributed by atoms with E-state index in [0.717, 1.165) is 5.01 Å². The normalized spacial score (nSPS) is 15.8. The summed E-state index contributed by atoms with van der Waals surface area (Å²) in [4.78, 5) is 35.8. The summed E-state index contributed by atoms with van der Waals surface area (Å²) < 4.78 is 0. The standard InChI is InChI=1S/C12H12N4O2S2/c1-8-14-9(7-20-8)11(18)15-3-4-16(10(17)6-15)12-13-2-5-19-12/h2,5,7H,3-4,6H2,1H3. The van der Waals surface area contributed by atoms with Gasteiger partial charge in [-0.3, -0.25) is 14.5 Å². The van der Waals surface area contributed by atoms with Gasteiger partial charge >= 0.3 is 0 Å². The molecule has 1 saturated heterocycles. The van der Waals surface area contributed by atoms with Crippen molar-refractivity contribution in [1.82, 2.24) is 14.9 Å². The largest absolute Gasteiger partial charge is 0.326 e. The number of hydrogen-bond donors (Lipinski definition) is 0. The van der Waals surface area contributed by atoms with E-state index in [1.165, 1.54) is 22.7 Å². The van der Waals surface area contributed by atoms with Crippen molar-refractivity contribution in [3.8, 4) is 0 Å². The number of carbonyl (C=O) groups excluding carboxylic acids is 2. The first-order valence-corrected chi connectivity index (χ1v) is 7.82. The van der Waals surface area contributed by atoms with E-state index < -0.39 is 0 Å². The molecule has 1 fully saturated rings. The molecule has 0 aromatic carbocycles. The number of aromatic nitrogens is 2. The van der Waals surface area contributed by atoms with Crippen molar-refractivity contribution in [2.45, 2.75) is 6.92 Å². The SMILES string of the molecule is Cc1nc(C(=O)N2CCN(c3nccs3)C(=O)C2)cs1. The molecule has 0 radical (unpaired) electrons. The molecule has 0 bridgehead atoms. The Kier molecular flexibility index (Phi) is 3.49. The molecule has 2 aromatic rings. The zero-order valence-corrected chi connectivity index (χ0v) is 12.4. The molecule has 2 amide bonds. The smallest absolute Gasteiger partial charge is 0.273 e. The number of piperazine rings is 1. The first-order chi connectivity index (χ1) is 9.65. The lowest BCUT2D eigenvalue weighted by molar-refractivity contribution is -0.120. The topological polar surface area (TPSA) is 66.4 Å². The van der Waals surface area contributed by atoms with Crippen LogP contribution in [-0.4, -0.2) is 46.3 Å². The van der Waals surface area contributed by atoms with Crippen LogP contribution in [0.4, 0.5) is 5.13 Å². The van der Waals surface area contributed by atoms with Gasteiger partial charge in [-0.1, -0.05) is 0 Å². The summed E-state index contributed by atoms with van der Waals surface area (Å²) >= 11 is 2.86. The zero-order valence-electron chi connectivity index (χ0n) is 10.8. The monoisotopic (exact) mass is 308 g/mol. The van der Waals surface area contributed by atoms with Gasteiger partial charge in [0.15, 0.2) is 5.13 Å². The van der Waals surface area contributed by atoms with Crippen LogP contribution < -0.4 is 4.90 Å². The molecule has 1 aliphatic rings. The third-order valence-electron chi connectivity index (χ3n) is 3.00. The summed E-state index contributed by atoms with van der Waals surface area (Å²) in [5, 5.41) is 5.10. The van der Waals surface area contributed by atoms with Crippen molar-refractivity contribution in [1.29, 1.82) is 0 Å². The van der Waals surface area contributed by atoms with E-state index in [2.05, 4.69) is 9.97 Å². The van der Waals surface area contributed by atoms with Crippen LogP contribution in [0.2, 0.25) is 0 Å². The van der Waals surface area contributed by atoms with Crippen molar-refractivity contribution in [2.24, 2.45) is 0 Å². The van der Waals surface area contributed by atoms with E-state index in [-0.39, 0.29) is 18.4 Å². The van der Waals surface area contributed by atoms with Gasteiger partial charge in [0, 0.05) is 30.0 Å². The minimum absolute atomic E-state index is 0.0784. The van der Waals surface area contributed by atoms with Gasteiger partial charge in [-0.05, 0) is 6.92 Å². The highest BCUT2D eigenvalue weighted by atomic mass is 32.1. The molecule has 0 atom stereocenters. The Morgan fingerprint density at radius 3 is 2.80 bits per heavy atom. The molecule has 104 valence electrons. The summed E-state index contributed by atoms with van der Waals surface area (Å²) in [7, 11) is 0. The van der Waals surface area contributed by atoms with Gasteiger partial charge in [0.2, 0.25) is 5.91 Å². The Morgan fingerprint density at radius 1 is 1.35 bits per heavy atom. The Hall–Kier alpha value is -1.80. The molecule has 0 unspecified atom stereocenters. The van der Waals surface area contributed by atoms with E-state index in [4.69, 9.17) is 0 Å². The van der Waals surface area contributed by atoms with E-state index in [1.807, 2.05) is 12.3 Å². The van der Waals surface area contributed by atoms with Gasteiger partial charge in [0.05, 0.1) is 5.01 Å². The second kappa shape index (κ2) is 5.29. The van der Waals surface area contributed by atoms with Gasteiger partial charge in [-0.15, -0.1) is 22.7 Å². The molecule has 8 heteroatoms. The fourth-order valence-electron chi connectivity index (χ4n) is 2.02. The maximum atomic E-state index is 12.2. The minimum Gasteiger partial charge on any atom is -0.326 e. The van der Waals surface area contributed by atoms with Crippen LogP contribution in [0.15, 0.2) is 17.0 Å². The fourth-order valence-corrected chi connectivity index (χ4v) is 3.29. The summed E-state index contributed by atoms with van der Waals surface area (Å²) in [6, 6.07) is 0.